The first-order chi connectivity index (χ1) is 9.04. The molecule has 0 radical (unpaired) electrons. The van der Waals surface area contributed by atoms with Gasteiger partial charge in [0, 0.05) is 30.4 Å². The van der Waals surface area contributed by atoms with Crippen LogP contribution in [0.25, 0.3) is 0 Å². The summed E-state index contributed by atoms with van der Waals surface area (Å²) in [6.45, 7) is 3.82. The Labute approximate surface area is 115 Å². The van der Waals surface area contributed by atoms with Crippen LogP contribution >= 0.6 is 0 Å². The number of anilines is 1. The summed E-state index contributed by atoms with van der Waals surface area (Å²) in [5.41, 5.74) is 1.99. The van der Waals surface area contributed by atoms with Crippen molar-refractivity contribution in [3.63, 3.8) is 0 Å². The molecule has 0 aliphatic carbocycles. The first-order valence-corrected chi connectivity index (χ1v) is 6.81. The molecule has 0 bridgehead atoms. The van der Waals surface area contributed by atoms with Crippen LogP contribution in [0.3, 0.4) is 0 Å². The molecule has 1 fully saturated rings. The molecule has 4 nitrogen and oxygen atoms in total. The van der Waals surface area contributed by atoms with Crippen molar-refractivity contribution in [2.45, 2.75) is 25.5 Å². The van der Waals surface area contributed by atoms with Gasteiger partial charge in [-0.05, 0) is 39.6 Å². The summed E-state index contributed by atoms with van der Waals surface area (Å²) in [6, 6.07) is 6.55. The molecular weight excluding hydrogens is 240 g/mol. The number of methoxy groups -OCH3 is 1. The van der Waals surface area contributed by atoms with E-state index in [1.54, 1.807) is 14.0 Å². The number of hydrogen-bond donors (Lipinski definition) is 1. The number of nitrogens with zero attached hydrogens (tertiary/aromatic N) is 2. The third-order valence-corrected chi connectivity index (χ3v) is 3.92. The van der Waals surface area contributed by atoms with Crippen LogP contribution in [-0.2, 0) is 0 Å². The molecule has 1 unspecified atom stereocenters. The Kier molecular flexibility index (Phi) is 4.32. The summed E-state index contributed by atoms with van der Waals surface area (Å²) in [7, 11) is 5.89. The largest absolute Gasteiger partial charge is 0.496 e. The van der Waals surface area contributed by atoms with Crippen molar-refractivity contribution in [1.82, 2.24) is 4.90 Å². The van der Waals surface area contributed by atoms with E-state index in [4.69, 9.17) is 4.74 Å². The first kappa shape index (κ1) is 14.2. The van der Waals surface area contributed by atoms with Crippen LogP contribution in [0.1, 0.15) is 25.0 Å². The maximum Gasteiger partial charge on any atom is 0.126 e. The highest BCUT2D eigenvalue weighted by Crippen LogP contribution is 2.36. The maximum absolute atomic E-state index is 10.0. The molecule has 2 atom stereocenters. The summed E-state index contributed by atoms with van der Waals surface area (Å²) in [6.07, 6.45) is 0.633. The number of rotatable bonds is 4. The van der Waals surface area contributed by atoms with Crippen molar-refractivity contribution in [1.29, 1.82) is 0 Å². The Morgan fingerprint density at radius 1 is 1.42 bits per heavy atom. The fraction of sp³-hybridized carbons (Fsp3) is 0.600. The topological polar surface area (TPSA) is 35.9 Å². The van der Waals surface area contributed by atoms with Crippen molar-refractivity contribution >= 4 is 5.69 Å². The highest BCUT2D eigenvalue weighted by molar-refractivity contribution is 5.61. The molecule has 1 aromatic rings. The number of likely N-dealkylation sites (N-methyl/N-ethyl adjacent to an activating group) is 1. The van der Waals surface area contributed by atoms with Crippen LogP contribution in [0.4, 0.5) is 5.69 Å². The molecule has 0 amide bonds. The Morgan fingerprint density at radius 2 is 2.16 bits per heavy atom. The van der Waals surface area contributed by atoms with E-state index in [0.29, 0.717) is 6.04 Å². The van der Waals surface area contributed by atoms with Gasteiger partial charge in [0.2, 0.25) is 0 Å². The van der Waals surface area contributed by atoms with E-state index < -0.39 is 6.10 Å². The van der Waals surface area contributed by atoms with Crippen molar-refractivity contribution < 1.29 is 9.84 Å². The van der Waals surface area contributed by atoms with Gasteiger partial charge in [-0.25, -0.2) is 0 Å². The van der Waals surface area contributed by atoms with Gasteiger partial charge in [0.15, 0.2) is 0 Å². The van der Waals surface area contributed by atoms with Gasteiger partial charge in [0.05, 0.1) is 13.2 Å². The standard InChI is InChI=1S/C15H24N2O2/c1-11(18)15-13(6-5-7-14(15)19-4)17-9-8-12(10-17)16(2)3/h5-7,11-12,18H,8-10H2,1-4H3/t11-,12?/m0/s1. The molecule has 2 rings (SSSR count). The molecule has 19 heavy (non-hydrogen) atoms. The van der Waals surface area contributed by atoms with Gasteiger partial charge in [-0.1, -0.05) is 6.07 Å². The molecule has 0 aromatic heterocycles. The van der Waals surface area contributed by atoms with Gasteiger partial charge in [0.1, 0.15) is 5.75 Å². The Hall–Kier alpha value is -1.26. The van der Waals surface area contributed by atoms with Crippen LogP contribution < -0.4 is 9.64 Å². The van der Waals surface area contributed by atoms with Gasteiger partial charge in [-0.15, -0.1) is 0 Å². The minimum absolute atomic E-state index is 0.524. The van der Waals surface area contributed by atoms with Crippen molar-refractivity contribution in [3.05, 3.63) is 23.8 Å². The van der Waals surface area contributed by atoms with E-state index in [1.165, 1.54) is 0 Å². The highest BCUT2D eigenvalue weighted by Gasteiger charge is 2.27. The van der Waals surface area contributed by atoms with Crippen molar-refractivity contribution in [2.75, 3.05) is 39.2 Å². The third-order valence-electron chi connectivity index (χ3n) is 3.92. The number of hydrogen-bond acceptors (Lipinski definition) is 4. The van der Waals surface area contributed by atoms with E-state index in [2.05, 4.69) is 30.0 Å². The van der Waals surface area contributed by atoms with E-state index in [1.807, 2.05) is 12.1 Å². The van der Waals surface area contributed by atoms with E-state index >= 15 is 0 Å². The van der Waals surface area contributed by atoms with Crippen LogP contribution in [0.5, 0.6) is 5.75 Å². The molecule has 4 heteroatoms. The molecule has 0 saturated carbocycles. The van der Waals surface area contributed by atoms with Crippen molar-refractivity contribution in [2.24, 2.45) is 0 Å². The van der Waals surface area contributed by atoms with Gasteiger partial charge < -0.3 is 19.6 Å². The minimum Gasteiger partial charge on any atom is -0.496 e. The number of aliphatic hydroxyl groups is 1. The SMILES string of the molecule is COc1cccc(N2CCC(N(C)C)C2)c1[C@H](C)O. The number of ether oxygens (including phenoxy) is 1. The molecule has 1 aliphatic rings. The Bertz CT molecular complexity index is 432. The second-order valence-electron chi connectivity index (χ2n) is 5.42. The number of benzene rings is 1. The molecule has 1 aliphatic heterocycles. The Morgan fingerprint density at radius 3 is 2.68 bits per heavy atom. The Balaban J connectivity index is 2.30. The minimum atomic E-state index is -0.524. The zero-order chi connectivity index (χ0) is 14.0. The summed E-state index contributed by atoms with van der Waals surface area (Å²) in [4.78, 5) is 4.61. The van der Waals surface area contributed by atoms with Crippen molar-refractivity contribution in [3.8, 4) is 5.75 Å². The molecular formula is C15H24N2O2. The van der Waals surface area contributed by atoms with Gasteiger partial charge in [-0.3, -0.25) is 0 Å². The average molecular weight is 264 g/mol. The second-order valence-corrected chi connectivity index (χ2v) is 5.42. The smallest absolute Gasteiger partial charge is 0.126 e. The van der Waals surface area contributed by atoms with Gasteiger partial charge in [0.25, 0.3) is 0 Å². The predicted octanol–water partition coefficient (Wildman–Crippen LogP) is 1.89. The zero-order valence-corrected chi connectivity index (χ0v) is 12.3. The fourth-order valence-corrected chi connectivity index (χ4v) is 2.79. The van der Waals surface area contributed by atoms with Crippen LogP contribution in [0, 0.1) is 0 Å². The quantitative estimate of drug-likeness (QED) is 0.901. The van der Waals surface area contributed by atoms with E-state index in [-0.39, 0.29) is 0 Å². The zero-order valence-electron chi connectivity index (χ0n) is 12.3. The first-order valence-electron chi connectivity index (χ1n) is 6.81. The number of aliphatic hydroxyl groups excluding tert-OH is 1. The molecule has 106 valence electrons. The monoisotopic (exact) mass is 264 g/mol. The summed E-state index contributed by atoms with van der Waals surface area (Å²) >= 11 is 0. The lowest BCUT2D eigenvalue weighted by Crippen LogP contribution is -2.31. The maximum atomic E-state index is 10.0. The highest BCUT2D eigenvalue weighted by atomic mass is 16.5. The van der Waals surface area contributed by atoms with Crippen LogP contribution in [0.2, 0.25) is 0 Å². The summed E-state index contributed by atoms with van der Waals surface area (Å²) in [5, 5.41) is 10.0. The van der Waals surface area contributed by atoms with Gasteiger partial charge in [-0.2, -0.15) is 0 Å². The lowest BCUT2D eigenvalue weighted by Gasteiger charge is -2.26. The fourth-order valence-electron chi connectivity index (χ4n) is 2.79. The molecule has 1 heterocycles. The van der Waals surface area contributed by atoms with E-state index in [0.717, 1.165) is 36.5 Å². The lowest BCUT2D eigenvalue weighted by molar-refractivity contribution is 0.194. The normalized spacial score (nSPS) is 20.9. The predicted molar refractivity (Wildman–Crippen MR) is 77.9 cm³/mol. The molecule has 1 N–H and O–H groups in total. The van der Waals surface area contributed by atoms with Crippen LogP contribution in [-0.4, -0.2) is 50.3 Å². The lowest BCUT2D eigenvalue weighted by atomic mass is 10.1. The third kappa shape index (κ3) is 2.85. The molecule has 1 aromatic carbocycles. The van der Waals surface area contributed by atoms with E-state index in [9.17, 15) is 5.11 Å². The second kappa shape index (κ2) is 5.80. The summed E-state index contributed by atoms with van der Waals surface area (Å²) < 4.78 is 5.38. The van der Waals surface area contributed by atoms with Crippen LogP contribution in [0.15, 0.2) is 18.2 Å². The molecule has 0 spiro atoms. The average Bonchev–Trinajstić information content (AvgIpc) is 2.87. The summed E-state index contributed by atoms with van der Waals surface area (Å²) in [5.74, 6) is 0.765. The molecule has 1 saturated heterocycles. The van der Waals surface area contributed by atoms with Gasteiger partial charge >= 0.3 is 0 Å².